The molecule has 0 bridgehead atoms. The van der Waals surface area contributed by atoms with Crippen molar-refractivity contribution < 1.29 is 51.0 Å². The second-order valence-corrected chi connectivity index (χ2v) is 7.84. The fourth-order valence-electron chi connectivity index (χ4n) is 4.03. The SMILES string of the molecule is CC(C)(C)c1ccc2c(c1CC1=CC=CC1)Cc1ccccc1-2.[Cl-].[Cl-].[Zr+2]. The molecule has 4 rings (SSSR count). The minimum Gasteiger partial charge on any atom is -1.00 e. The van der Waals surface area contributed by atoms with Crippen LogP contribution < -0.4 is 24.8 Å². The first-order valence-electron chi connectivity index (χ1n) is 8.62. The molecular weight excluding hydrogens is 438 g/mol. The minimum atomic E-state index is 0. The zero-order chi connectivity index (χ0) is 16.0. The summed E-state index contributed by atoms with van der Waals surface area (Å²) in [5, 5.41) is 0. The van der Waals surface area contributed by atoms with E-state index >= 15 is 0 Å². The first-order chi connectivity index (χ1) is 11.0. The van der Waals surface area contributed by atoms with E-state index in [2.05, 4.69) is 75.4 Å². The molecule has 0 amide bonds. The van der Waals surface area contributed by atoms with Crippen molar-refractivity contribution in [3.63, 3.8) is 0 Å². The first kappa shape index (κ1) is 23.4. The van der Waals surface area contributed by atoms with Crippen molar-refractivity contribution in [3.05, 3.63) is 82.5 Å². The monoisotopic (exact) mass is 460 g/mol. The summed E-state index contributed by atoms with van der Waals surface area (Å²) in [4.78, 5) is 0. The molecule has 0 N–H and O–H groups in total. The van der Waals surface area contributed by atoms with Crippen LogP contribution in [0.5, 0.6) is 0 Å². The molecule has 0 spiro atoms. The largest absolute Gasteiger partial charge is 2.00 e. The van der Waals surface area contributed by atoms with E-state index in [-0.39, 0.29) is 56.4 Å². The number of rotatable bonds is 2. The second kappa shape index (κ2) is 9.05. The third-order valence-corrected chi connectivity index (χ3v) is 5.17. The van der Waals surface area contributed by atoms with Gasteiger partial charge in [-0.3, -0.25) is 0 Å². The molecule has 0 unspecified atom stereocenters. The number of hydrogen-bond acceptors (Lipinski definition) is 0. The van der Waals surface area contributed by atoms with Crippen molar-refractivity contribution in [2.75, 3.05) is 0 Å². The number of allylic oxidation sites excluding steroid dienone is 4. The molecule has 0 atom stereocenters. The van der Waals surface area contributed by atoms with Crippen LogP contribution in [0, 0.1) is 0 Å². The van der Waals surface area contributed by atoms with Crippen LogP contribution in [0.2, 0.25) is 0 Å². The summed E-state index contributed by atoms with van der Waals surface area (Å²) in [6, 6.07) is 13.6. The van der Waals surface area contributed by atoms with Crippen LogP contribution in [0.15, 0.2) is 60.2 Å². The number of hydrogen-bond donors (Lipinski definition) is 0. The van der Waals surface area contributed by atoms with Crippen molar-refractivity contribution in [1.29, 1.82) is 0 Å². The maximum Gasteiger partial charge on any atom is 2.00 e. The van der Waals surface area contributed by atoms with Crippen LogP contribution in [0.1, 0.15) is 49.4 Å². The van der Waals surface area contributed by atoms with Crippen molar-refractivity contribution in [3.8, 4) is 11.1 Å². The fraction of sp³-hybridized carbons (Fsp3) is 0.304. The predicted molar refractivity (Wildman–Crippen MR) is 98.9 cm³/mol. The van der Waals surface area contributed by atoms with E-state index in [1.54, 1.807) is 16.7 Å². The van der Waals surface area contributed by atoms with Crippen LogP contribution in [0.3, 0.4) is 0 Å². The maximum absolute atomic E-state index is 2.37. The summed E-state index contributed by atoms with van der Waals surface area (Å²) < 4.78 is 0. The molecule has 2 aliphatic rings. The van der Waals surface area contributed by atoms with Crippen molar-refractivity contribution >= 4 is 0 Å². The molecular formula is C23H24Cl2Zr. The van der Waals surface area contributed by atoms with Crippen molar-refractivity contribution in [2.24, 2.45) is 0 Å². The summed E-state index contributed by atoms with van der Waals surface area (Å²) in [7, 11) is 0. The first-order valence-corrected chi connectivity index (χ1v) is 8.62. The summed E-state index contributed by atoms with van der Waals surface area (Å²) in [6.07, 6.45) is 10.1. The van der Waals surface area contributed by atoms with E-state index in [1.807, 2.05) is 0 Å². The Labute approximate surface area is 189 Å². The van der Waals surface area contributed by atoms with Gasteiger partial charge in [-0.2, -0.15) is 0 Å². The molecule has 2 aromatic carbocycles. The topological polar surface area (TPSA) is 0 Å². The Morgan fingerprint density at radius 2 is 1.65 bits per heavy atom. The zero-order valence-corrected chi connectivity index (χ0v) is 19.5. The summed E-state index contributed by atoms with van der Waals surface area (Å²) in [6.45, 7) is 7.00. The van der Waals surface area contributed by atoms with Crippen LogP contribution in [0.4, 0.5) is 0 Å². The van der Waals surface area contributed by atoms with Gasteiger partial charge in [0.25, 0.3) is 0 Å². The molecule has 0 aromatic heterocycles. The van der Waals surface area contributed by atoms with Gasteiger partial charge >= 0.3 is 26.2 Å². The molecule has 3 heteroatoms. The van der Waals surface area contributed by atoms with E-state index < -0.39 is 0 Å². The Kier molecular flexibility index (Phi) is 8.15. The molecule has 0 heterocycles. The third-order valence-electron chi connectivity index (χ3n) is 5.17. The zero-order valence-electron chi connectivity index (χ0n) is 15.6. The van der Waals surface area contributed by atoms with E-state index in [0.29, 0.717) is 0 Å². The molecule has 2 aliphatic carbocycles. The Morgan fingerprint density at radius 3 is 2.31 bits per heavy atom. The minimum absolute atomic E-state index is 0. The average molecular weight is 463 g/mol. The van der Waals surface area contributed by atoms with Gasteiger partial charge in [0, 0.05) is 0 Å². The average Bonchev–Trinajstić information content (AvgIpc) is 3.13. The Morgan fingerprint density at radius 1 is 0.923 bits per heavy atom. The van der Waals surface area contributed by atoms with Gasteiger partial charge in [-0.1, -0.05) is 81.0 Å². The molecule has 0 fully saturated rings. The van der Waals surface area contributed by atoms with Gasteiger partial charge in [-0.05, 0) is 58.1 Å². The standard InChI is InChI=1S/C23H24.2ClH.Zr/c1-23(2,3)22-13-12-19-18-11-7-6-10-17(18)15-20(19)21(22)14-16-8-4-5-9-16;;;/h4-8,10-13H,9,14-15H2,1-3H3;2*1H;/q;;;+2/p-2. The molecule has 0 saturated carbocycles. The quantitative estimate of drug-likeness (QED) is 0.503. The van der Waals surface area contributed by atoms with E-state index in [0.717, 1.165) is 19.3 Å². The molecule has 0 nitrogen and oxygen atoms in total. The molecule has 2 aromatic rings. The van der Waals surface area contributed by atoms with Crippen LogP contribution >= 0.6 is 0 Å². The van der Waals surface area contributed by atoms with Gasteiger partial charge in [-0.15, -0.1) is 0 Å². The van der Waals surface area contributed by atoms with Crippen molar-refractivity contribution in [1.82, 2.24) is 0 Å². The summed E-state index contributed by atoms with van der Waals surface area (Å²) in [5.41, 5.74) is 10.7. The molecule has 0 radical (unpaired) electrons. The third kappa shape index (κ3) is 4.27. The number of halogens is 2. The normalized spacial score (nSPS) is 13.7. The summed E-state index contributed by atoms with van der Waals surface area (Å²) >= 11 is 0. The molecule has 134 valence electrons. The maximum atomic E-state index is 2.37. The Bertz CT molecular complexity index is 842. The predicted octanol–water partition coefficient (Wildman–Crippen LogP) is -0.0104. The smallest absolute Gasteiger partial charge is 1.00 e. The van der Waals surface area contributed by atoms with E-state index in [1.165, 1.54) is 22.3 Å². The van der Waals surface area contributed by atoms with Gasteiger partial charge in [0.1, 0.15) is 0 Å². The van der Waals surface area contributed by atoms with Crippen molar-refractivity contribution in [2.45, 2.75) is 45.4 Å². The molecule has 26 heavy (non-hydrogen) atoms. The summed E-state index contributed by atoms with van der Waals surface area (Å²) in [5.74, 6) is 0. The van der Waals surface area contributed by atoms with Gasteiger partial charge < -0.3 is 24.8 Å². The molecule has 0 aliphatic heterocycles. The number of benzene rings is 2. The second-order valence-electron chi connectivity index (χ2n) is 7.84. The van der Waals surface area contributed by atoms with Crippen LogP contribution in [-0.4, -0.2) is 0 Å². The van der Waals surface area contributed by atoms with Crippen LogP contribution in [0.25, 0.3) is 11.1 Å². The van der Waals surface area contributed by atoms with Gasteiger partial charge in [0.05, 0.1) is 0 Å². The molecule has 0 saturated heterocycles. The number of fused-ring (bicyclic) bond motifs is 3. The van der Waals surface area contributed by atoms with Crippen LogP contribution in [-0.2, 0) is 44.5 Å². The fourth-order valence-corrected chi connectivity index (χ4v) is 4.03. The van der Waals surface area contributed by atoms with E-state index in [4.69, 9.17) is 0 Å². The van der Waals surface area contributed by atoms with E-state index in [9.17, 15) is 0 Å². The van der Waals surface area contributed by atoms with Gasteiger partial charge in [0.2, 0.25) is 0 Å². The Balaban J connectivity index is 0.00000113. The Hall–Kier alpha value is -0.617. The van der Waals surface area contributed by atoms with Gasteiger partial charge in [0.15, 0.2) is 0 Å². The van der Waals surface area contributed by atoms with Gasteiger partial charge in [-0.25, -0.2) is 0 Å².